The highest BCUT2D eigenvalue weighted by atomic mass is 19.4. The van der Waals surface area contributed by atoms with E-state index >= 15 is 0 Å². The zero-order valence-electron chi connectivity index (χ0n) is 17.1. The van der Waals surface area contributed by atoms with Crippen LogP contribution in [0.3, 0.4) is 0 Å². The van der Waals surface area contributed by atoms with E-state index < -0.39 is 23.2 Å². The number of halogens is 3. The van der Waals surface area contributed by atoms with Crippen molar-refractivity contribution < 1.29 is 27.8 Å². The van der Waals surface area contributed by atoms with Crippen LogP contribution in [0.15, 0.2) is 30.5 Å². The van der Waals surface area contributed by atoms with Crippen molar-refractivity contribution in [1.82, 2.24) is 15.3 Å². The van der Waals surface area contributed by atoms with Crippen LogP contribution < -0.4 is 10.1 Å². The lowest BCUT2D eigenvalue weighted by Gasteiger charge is -2.23. The van der Waals surface area contributed by atoms with Crippen molar-refractivity contribution in [2.75, 3.05) is 13.2 Å². The van der Waals surface area contributed by atoms with Crippen molar-refractivity contribution in [1.29, 1.82) is 0 Å². The second-order valence-electron chi connectivity index (χ2n) is 8.55. The van der Waals surface area contributed by atoms with Crippen LogP contribution in [0.25, 0.3) is 11.3 Å². The number of benzene rings is 1. The van der Waals surface area contributed by atoms with Gasteiger partial charge in [0.15, 0.2) is 0 Å². The number of alkyl halides is 3. The molecular formula is C22H24F3N3O3. The number of nitrogens with one attached hydrogen (secondary N) is 1. The first-order valence-corrected chi connectivity index (χ1v) is 10.3. The van der Waals surface area contributed by atoms with E-state index in [0.717, 1.165) is 37.8 Å². The minimum Gasteiger partial charge on any atom is -0.476 e. The molecule has 2 aliphatic carbocycles. The lowest BCUT2D eigenvalue weighted by atomic mass is 10.0. The molecule has 2 fully saturated rings. The van der Waals surface area contributed by atoms with Gasteiger partial charge in [0.1, 0.15) is 11.4 Å². The Morgan fingerprint density at radius 3 is 2.45 bits per heavy atom. The molecule has 0 bridgehead atoms. The molecule has 2 N–H and O–H groups in total. The summed E-state index contributed by atoms with van der Waals surface area (Å²) in [5.41, 5.74) is -1.20. The number of aromatic nitrogens is 2. The van der Waals surface area contributed by atoms with Crippen LogP contribution in [0.5, 0.6) is 5.88 Å². The van der Waals surface area contributed by atoms with E-state index in [1.54, 1.807) is 6.92 Å². The molecule has 1 aromatic heterocycles. The number of amides is 1. The molecule has 1 amide bonds. The van der Waals surface area contributed by atoms with Crippen LogP contribution in [-0.2, 0) is 6.18 Å². The van der Waals surface area contributed by atoms with Crippen molar-refractivity contribution in [3.05, 3.63) is 41.7 Å². The predicted molar refractivity (Wildman–Crippen MR) is 106 cm³/mol. The van der Waals surface area contributed by atoms with Gasteiger partial charge in [0.2, 0.25) is 5.88 Å². The fourth-order valence-electron chi connectivity index (χ4n) is 3.28. The SMILES string of the molecule is C[C@](O)(CNC(=O)c1cnc(OCC2CC2)c(-c2ccc(C(F)(F)F)cc2)n1)C1CC1. The van der Waals surface area contributed by atoms with E-state index in [2.05, 4.69) is 15.3 Å². The van der Waals surface area contributed by atoms with Crippen molar-refractivity contribution in [2.45, 2.75) is 44.4 Å². The number of hydrogen-bond donors (Lipinski definition) is 2. The lowest BCUT2D eigenvalue weighted by molar-refractivity contribution is -0.137. The van der Waals surface area contributed by atoms with Crippen LogP contribution in [0, 0.1) is 11.8 Å². The topological polar surface area (TPSA) is 84.3 Å². The Balaban J connectivity index is 1.56. The van der Waals surface area contributed by atoms with E-state index in [-0.39, 0.29) is 29.7 Å². The third-order valence-electron chi connectivity index (χ3n) is 5.67. The van der Waals surface area contributed by atoms with Crippen LogP contribution in [-0.4, -0.2) is 39.7 Å². The number of nitrogens with zero attached hydrogens (tertiary/aromatic N) is 2. The van der Waals surface area contributed by atoms with E-state index in [1.165, 1.54) is 18.3 Å². The Morgan fingerprint density at radius 2 is 1.87 bits per heavy atom. The van der Waals surface area contributed by atoms with Gasteiger partial charge in [-0.3, -0.25) is 4.79 Å². The van der Waals surface area contributed by atoms with E-state index in [0.29, 0.717) is 18.1 Å². The van der Waals surface area contributed by atoms with Gasteiger partial charge < -0.3 is 15.2 Å². The number of hydrogen-bond acceptors (Lipinski definition) is 5. The van der Waals surface area contributed by atoms with Gasteiger partial charge in [-0.1, -0.05) is 12.1 Å². The predicted octanol–water partition coefficient (Wildman–Crippen LogP) is 3.84. The van der Waals surface area contributed by atoms with Gasteiger partial charge in [-0.2, -0.15) is 13.2 Å². The van der Waals surface area contributed by atoms with Crippen molar-refractivity contribution in [3.8, 4) is 17.1 Å². The molecule has 0 unspecified atom stereocenters. The third kappa shape index (κ3) is 5.33. The van der Waals surface area contributed by atoms with Gasteiger partial charge in [-0.05, 0) is 56.6 Å². The number of ether oxygens (including phenoxy) is 1. The van der Waals surface area contributed by atoms with Crippen LogP contribution >= 0.6 is 0 Å². The smallest absolute Gasteiger partial charge is 0.416 e. The molecule has 0 radical (unpaired) electrons. The molecule has 166 valence electrons. The van der Waals surface area contributed by atoms with Gasteiger partial charge in [0.05, 0.1) is 24.0 Å². The fourth-order valence-corrected chi connectivity index (χ4v) is 3.28. The molecule has 1 heterocycles. The lowest BCUT2D eigenvalue weighted by Crippen LogP contribution is -2.42. The molecule has 2 aliphatic rings. The summed E-state index contributed by atoms with van der Waals surface area (Å²) in [5, 5.41) is 13.1. The minimum atomic E-state index is -4.45. The van der Waals surface area contributed by atoms with Gasteiger partial charge in [0.25, 0.3) is 5.91 Å². The minimum absolute atomic E-state index is 0.000247. The first-order chi connectivity index (χ1) is 14.6. The van der Waals surface area contributed by atoms with Crippen molar-refractivity contribution in [3.63, 3.8) is 0 Å². The number of carbonyl (C=O) groups excluding carboxylic acids is 1. The van der Waals surface area contributed by atoms with E-state index in [9.17, 15) is 23.1 Å². The van der Waals surface area contributed by atoms with Crippen LogP contribution in [0.1, 0.15) is 48.7 Å². The molecule has 9 heteroatoms. The molecular weight excluding hydrogens is 411 g/mol. The third-order valence-corrected chi connectivity index (χ3v) is 5.67. The van der Waals surface area contributed by atoms with Crippen LogP contribution in [0.2, 0.25) is 0 Å². The summed E-state index contributed by atoms with van der Waals surface area (Å²) >= 11 is 0. The molecule has 31 heavy (non-hydrogen) atoms. The largest absolute Gasteiger partial charge is 0.476 e. The molecule has 2 aromatic rings. The summed E-state index contributed by atoms with van der Waals surface area (Å²) in [6.45, 7) is 2.20. The molecule has 0 saturated heterocycles. The average Bonchev–Trinajstić information content (AvgIpc) is 3.63. The van der Waals surface area contributed by atoms with E-state index in [4.69, 9.17) is 4.74 Å². The standard InChI is InChI=1S/C22H24F3N3O3/c1-21(30,15-8-9-15)12-27-19(29)17-10-26-20(31-11-13-2-3-13)18(28-17)14-4-6-16(7-5-14)22(23,24)25/h4-7,10,13,15,30H,2-3,8-9,11-12H2,1H3,(H,27,29)/t21-/m0/s1. The first kappa shape index (κ1) is 21.5. The Morgan fingerprint density at radius 1 is 1.19 bits per heavy atom. The summed E-state index contributed by atoms with van der Waals surface area (Å²) in [4.78, 5) is 21.1. The maximum Gasteiger partial charge on any atom is 0.416 e. The Bertz CT molecular complexity index is 953. The first-order valence-electron chi connectivity index (χ1n) is 10.3. The quantitative estimate of drug-likeness (QED) is 0.658. The van der Waals surface area contributed by atoms with Gasteiger partial charge >= 0.3 is 6.18 Å². The second-order valence-corrected chi connectivity index (χ2v) is 8.55. The van der Waals surface area contributed by atoms with Gasteiger partial charge in [-0.25, -0.2) is 9.97 Å². The van der Waals surface area contributed by atoms with Gasteiger partial charge in [0, 0.05) is 12.1 Å². The summed E-state index contributed by atoms with van der Waals surface area (Å²) in [6, 6.07) is 4.50. The van der Waals surface area contributed by atoms with Gasteiger partial charge in [-0.15, -0.1) is 0 Å². The van der Waals surface area contributed by atoms with Crippen LogP contribution in [0.4, 0.5) is 13.2 Å². The highest BCUT2D eigenvalue weighted by Crippen LogP contribution is 2.39. The monoisotopic (exact) mass is 435 g/mol. The van der Waals surface area contributed by atoms with Crippen molar-refractivity contribution in [2.24, 2.45) is 11.8 Å². The highest BCUT2D eigenvalue weighted by Gasteiger charge is 2.40. The Kier molecular flexibility index (Phi) is 5.63. The highest BCUT2D eigenvalue weighted by molar-refractivity contribution is 5.92. The molecule has 1 aromatic carbocycles. The fraction of sp³-hybridized carbons (Fsp3) is 0.500. The zero-order chi connectivity index (χ0) is 22.2. The Hall–Kier alpha value is -2.68. The van der Waals surface area contributed by atoms with E-state index in [1.807, 2.05) is 0 Å². The molecule has 2 saturated carbocycles. The maximum absolute atomic E-state index is 12.9. The molecule has 4 rings (SSSR count). The number of rotatable bonds is 8. The second kappa shape index (κ2) is 8.11. The summed E-state index contributed by atoms with van der Waals surface area (Å²) in [5.74, 6) is 0.262. The summed E-state index contributed by atoms with van der Waals surface area (Å²) in [7, 11) is 0. The summed E-state index contributed by atoms with van der Waals surface area (Å²) < 4.78 is 44.4. The molecule has 6 nitrogen and oxygen atoms in total. The van der Waals surface area contributed by atoms with Crippen molar-refractivity contribution >= 4 is 5.91 Å². The molecule has 1 atom stereocenters. The number of carbonyl (C=O) groups is 1. The maximum atomic E-state index is 12.9. The number of aliphatic hydroxyl groups is 1. The average molecular weight is 435 g/mol. The zero-order valence-corrected chi connectivity index (χ0v) is 17.1. The normalized spacial score (nSPS) is 18.4. The summed E-state index contributed by atoms with van der Waals surface area (Å²) in [6.07, 6.45) is 0.795. The molecule has 0 aliphatic heterocycles. The molecule has 0 spiro atoms. The Labute approximate surface area is 177 Å².